The summed E-state index contributed by atoms with van der Waals surface area (Å²) < 4.78 is 4.77. The third-order valence-electron chi connectivity index (χ3n) is 2.18. The lowest BCUT2D eigenvalue weighted by Gasteiger charge is -2.14. The number of carboxylic acids is 1. The molecule has 1 atom stereocenters. The van der Waals surface area contributed by atoms with Gasteiger partial charge in [-0.2, -0.15) is 11.8 Å². The molecule has 2 amide bonds. The maximum atomic E-state index is 11.4. The Kier molecular flexibility index (Phi) is 9.27. The van der Waals surface area contributed by atoms with E-state index in [2.05, 4.69) is 17.2 Å². The maximum Gasteiger partial charge on any atom is 0.333 e. The second kappa shape index (κ2) is 10.1. The van der Waals surface area contributed by atoms with Crippen LogP contribution in [-0.2, 0) is 14.3 Å². The van der Waals surface area contributed by atoms with Gasteiger partial charge in [-0.1, -0.05) is 6.58 Å². The van der Waals surface area contributed by atoms with Gasteiger partial charge >= 0.3 is 18.0 Å². The fourth-order valence-corrected chi connectivity index (χ4v) is 1.61. The fraction of sp³-hybridized carbons (Fsp3) is 0.583. The summed E-state index contributed by atoms with van der Waals surface area (Å²) in [5, 5.41) is 13.7. The minimum absolute atomic E-state index is 0.00165. The van der Waals surface area contributed by atoms with Crippen LogP contribution in [0.4, 0.5) is 4.79 Å². The molecule has 3 N–H and O–H groups in total. The normalized spacial score (nSPS) is 11.3. The molecule has 0 aromatic carbocycles. The Morgan fingerprint density at radius 2 is 2.05 bits per heavy atom. The summed E-state index contributed by atoms with van der Waals surface area (Å²) in [5.74, 6) is -0.980. The van der Waals surface area contributed by atoms with Gasteiger partial charge in [-0.25, -0.2) is 14.4 Å². The van der Waals surface area contributed by atoms with E-state index in [0.717, 1.165) is 0 Å². The highest BCUT2D eigenvalue weighted by molar-refractivity contribution is 7.98. The smallest absolute Gasteiger partial charge is 0.333 e. The highest BCUT2D eigenvalue weighted by Gasteiger charge is 2.18. The molecule has 0 saturated carbocycles. The van der Waals surface area contributed by atoms with E-state index in [-0.39, 0.29) is 18.7 Å². The van der Waals surface area contributed by atoms with Gasteiger partial charge in [0.15, 0.2) is 0 Å². The van der Waals surface area contributed by atoms with Crippen LogP contribution in [0.2, 0.25) is 0 Å². The van der Waals surface area contributed by atoms with Gasteiger partial charge in [0.05, 0.1) is 6.54 Å². The highest BCUT2D eigenvalue weighted by Crippen LogP contribution is 2.00. The number of urea groups is 1. The third-order valence-corrected chi connectivity index (χ3v) is 2.83. The Morgan fingerprint density at radius 3 is 2.55 bits per heavy atom. The number of amides is 2. The van der Waals surface area contributed by atoms with Gasteiger partial charge in [-0.05, 0) is 25.4 Å². The number of esters is 1. The maximum absolute atomic E-state index is 11.4. The Morgan fingerprint density at radius 1 is 1.40 bits per heavy atom. The van der Waals surface area contributed by atoms with E-state index in [1.165, 1.54) is 18.7 Å². The van der Waals surface area contributed by atoms with Gasteiger partial charge < -0.3 is 20.5 Å². The minimum Gasteiger partial charge on any atom is -0.480 e. The van der Waals surface area contributed by atoms with Gasteiger partial charge in [-0.3, -0.25) is 0 Å². The Labute approximate surface area is 122 Å². The second-order valence-electron chi connectivity index (χ2n) is 3.99. The number of ether oxygens (including phenoxy) is 1. The Bertz CT molecular complexity index is 373. The van der Waals surface area contributed by atoms with E-state index >= 15 is 0 Å². The quantitative estimate of drug-likeness (QED) is 0.327. The molecule has 0 aromatic heterocycles. The van der Waals surface area contributed by atoms with E-state index < -0.39 is 24.0 Å². The van der Waals surface area contributed by atoms with Crippen molar-refractivity contribution in [1.82, 2.24) is 10.6 Å². The summed E-state index contributed by atoms with van der Waals surface area (Å²) in [7, 11) is 0. The van der Waals surface area contributed by atoms with Crippen LogP contribution in [0, 0.1) is 0 Å². The van der Waals surface area contributed by atoms with Crippen molar-refractivity contribution >= 4 is 29.7 Å². The number of rotatable bonds is 9. The second-order valence-corrected chi connectivity index (χ2v) is 4.97. The predicted octanol–water partition coefficient (Wildman–Crippen LogP) is 0.611. The van der Waals surface area contributed by atoms with Crippen LogP contribution in [0.15, 0.2) is 12.2 Å². The van der Waals surface area contributed by atoms with Crippen molar-refractivity contribution in [3.8, 4) is 0 Å². The molecule has 8 heteroatoms. The van der Waals surface area contributed by atoms with Crippen molar-refractivity contribution < 1.29 is 24.2 Å². The number of carboxylic acid groups (broad SMARTS) is 1. The molecular weight excluding hydrogens is 284 g/mol. The number of hydrogen-bond acceptors (Lipinski definition) is 5. The molecule has 0 aliphatic heterocycles. The molecule has 0 spiro atoms. The molecule has 20 heavy (non-hydrogen) atoms. The molecule has 0 saturated heterocycles. The molecule has 1 unspecified atom stereocenters. The van der Waals surface area contributed by atoms with Crippen LogP contribution < -0.4 is 10.6 Å². The predicted molar refractivity (Wildman–Crippen MR) is 76.7 cm³/mol. The standard InChI is InChI=1S/C12H20N2O5S/c1-8(2)11(17)19-6-5-13-12(18)14-9(10(15)16)4-7-20-3/h9H,1,4-7H2,2-3H3,(H,15,16)(H2,13,14,18). The van der Waals surface area contributed by atoms with Gasteiger partial charge in [0, 0.05) is 5.57 Å². The van der Waals surface area contributed by atoms with Crippen molar-refractivity contribution in [3.63, 3.8) is 0 Å². The number of carbonyl (C=O) groups is 3. The molecule has 0 rings (SSSR count). The molecule has 0 aromatic rings. The Hall–Kier alpha value is -1.70. The first kappa shape index (κ1) is 18.3. The van der Waals surface area contributed by atoms with Crippen molar-refractivity contribution in [3.05, 3.63) is 12.2 Å². The molecule has 0 heterocycles. The van der Waals surface area contributed by atoms with Crippen molar-refractivity contribution in [2.45, 2.75) is 19.4 Å². The van der Waals surface area contributed by atoms with Crippen molar-refractivity contribution in [2.24, 2.45) is 0 Å². The first-order chi connectivity index (χ1) is 9.38. The zero-order chi connectivity index (χ0) is 15.5. The van der Waals surface area contributed by atoms with E-state index in [1.54, 1.807) is 0 Å². The monoisotopic (exact) mass is 304 g/mol. The van der Waals surface area contributed by atoms with Crippen LogP contribution in [0.3, 0.4) is 0 Å². The number of aliphatic carboxylic acids is 1. The summed E-state index contributed by atoms with van der Waals surface area (Å²) in [6, 6.07) is -1.54. The van der Waals surface area contributed by atoms with E-state index in [4.69, 9.17) is 9.84 Å². The SMILES string of the molecule is C=C(C)C(=O)OCCNC(=O)NC(CCSC)C(=O)O. The molecule has 7 nitrogen and oxygen atoms in total. The lowest BCUT2D eigenvalue weighted by molar-refractivity contribution is -0.139. The molecule has 0 aliphatic carbocycles. The number of hydrogen-bond donors (Lipinski definition) is 3. The summed E-state index contributed by atoms with van der Waals surface area (Å²) >= 11 is 1.50. The third kappa shape index (κ3) is 8.41. The average Bonchev–Trinajstić information content (AvgIpc) is 2.38. The molecular formula is C12H20N2O5S. The molecule has 0 bridgehead atoms. The minimum atomic E-state index is -1.08. The largest absolute Gasteiger partial charge is 0.480 e. The lowest BCUT2D eigenvalue weighted by Crippen LogP contribution is -2.47. The van der Waals surface area contributed by atoms with Crippen LogP contribution in [0.1, 0.15) is 13.3 Å². The number of nitrogens with one attached hydrogen (secondary N) is 2. The Balaban J connectivity index is 3.93. The van der Waals surface area contributed by atoms with Gasteiger partial charge in [0.1, 0.15) is 12.6 Å². The summed E-state index contributed by atoms with van der Waals surface area (Å²) in [4.78, 5) is 33.4. The summed E-state index contributed by atoms with van der Waals surface area (Å²) in [6.45, 7) is 5.03. The molecule has 114 valence electrons. The van der Waals surface area contributed by atoms with Crippen molar-refractivity contribution in [2.75, 3.05) is 25.2 Å². The fourth-order valence-electron chi connectivity index (χ4n) is 1.13. The van der Waals surface area contributed by atoms with Gasteiger partial charge in [0.2, 0.25) is 0 Å². The first-order valence-corrected chi connectivity index (χ1v) is 7.36. The zero-order valence-electron chi connectivity index (χ0n) is 11.6. The van der Waals surface area contributed by atoms with Gasteiger partial charge in [-0.15, -0.1) is 0 Å². The lowest BCUT2D eigenvalue weighted by atomic mass is 10.2. The van der Waals surface area contributed by atoms with E-state index in [1.807, 2.05) is 6.26 Å². The molecule has 0 fully saturated rings. The van der Waals surface area contributed by atoms with Crippen LogP contribution in [-0.4, -0.2) is 54.3 Å². The van der Waals surface area contributed by atoms with E-state index in [9.17, 15) is 14.4 Å². The van der Waals surface area contributed by atoms with Crippen LogP contribution in [0.5, 0.6) is 0 Å². The topological polar surface area (TPSA) is 105 Å². The molecule has 0 radical (unpaired) electrons. The number of carbonyl (C=O) groups excluding carboxylic acids is 2. The number of thioether (sulfide) groups is 1. The highest BCUT2D eigenvalue weighted by atomic mass is 32.2. The van der Waals surface area contributed by atoms with Crippen molar-refractivity contribution in [1.29, 1.82) is 0 Å². The van der Waals surface area contributed by atoms with Gasteiger partial charge in [0.25, 0.3) is 0 Å². The summed E-state index contributed by atoms with van der Waals surface area (Å²) in [6.07, 6.45) is 2.20. The summed E-state index contributed by atoms with van der Waals surface area (Å²) in [5.41, 5.74) is 0.275. The van der Waals surface area contributed by atoms with Crippen LogP contribution >= 0.6 is 11.8 Å². The molecule has 0 aliphatic rings. The zero-order valence-corrected chi connectivity index (χ0v) is 12.4. The first-order valence-electron chi connectivity index (χ1n) is 5.97. The van der Waals surface area contributed by atoms with Crippen LogP contribution in [0.25, 0.3) is 0 Å². The van der Waals surface area contributed by atoms with E-state index in [0.29, 0.717) is 12.2 Å². The average molecular weight is 304 g/mol.